The molecular weight excluding hydrogens is 725 g/mol. The van der Waals surface area contributed by atoms with Gasteiger partial charge in [-0.3, -0.25) is 0 Å². The van der Waals surface area contributed by atoms with E-state index in [2.05, 4.69) is 230 Å². The predicted molar refractivity (Wildman–Crippen MR) is 255 cm³/mol. The third-order valence-corrected chi connectivity index (χ3v) is 13.0. The lowest BCUT2D eigenvalue weighted by molar-refractivity contribution is 0.599. The fourth-order valence-electron chi connectivity index (χ4n) is 10.1. The Labute approximate surface area is 353 Å². The van der Waals surface area contributed by atoms with E-state index in [-0.39, 0.29) is 5.41 Å². The maximum Gasteiger partial charge on any atom is 0.0541 e. The zero-order chi connectivity index (χ0) is 40.2. The minimum Gasteiger partial charge on any atom is -0.310 e. The van der Waals surface area contributed by atoms with Crippen LogP contribution in [0.2, 0.25) is 0 Å². The van der Waals surface area contributed by atoms with Crippen molar-refractivity contribution in [2.24, 2.45) is 0 Å². The summed E-state index contributed by atoms with van der Waals surface area (Å²) < 4.78 is 2.41. The van der Waals surface area contributed by atoms with Gasteiger partial charge >= 0.3 is 0 Å². The van der Waals surface area contributed by atoms with E-state index in [1.807, 2.05) is 0 Å². The molecule has 0 saturated carbocycles. The van der Waals surface area contributed by atoms with Gasteiger partial charge in [0.05, 0.1) is 16.7 Å². The number of hydrogen-bond donors (Lipinski definition) is 0. The molecule has 0 N–H and O–H groups in total. The van der Waals surface area contributed by atoms with Crippen LogP contribution >= 0.6 is 0 Å². The summed E-state index contributed by atoms with van der Waals surface area (Å²) in [6, 6.07) is 71.2. The molecule has 60 heavy (non-hydrogen) atoms. The molecule has 2 aliphatic rings. The predicted octanol–water partition coefficient (Wildman–Crippen LogP) is 16.0. The highest BCUT2D eigenvalue weighted by atomic mass is 15.1. The monoisotopic (exact) mass is 770 g/mol. The van der Waals surface area contributed by atoms with Crippen molar-refractivity contribution in [1.82, 2.24) is 4.57 Å². The molecule has 0 unspecified atom stereocenters. The number of anilines is 3. The fourth-order valence-corrected chi connectivity index (χ4v) is 10.1. The van der Waals surface area contributed by atoms with Crippen LogP contribution in [-0.2, 0) is 5.41 Å². The molecule has 0 saturated heterocycles. The number of allylic oxidation sites excluding steroid dienone is 4. The molecule has 9 aromatic rings. The zero-order valence-corrected chi connectivity index (χ0v) is 34.1. The normalized spacial score (nSPS) is 14.3. The Morgan fingerprint density at radius 1 is 0.483 bits per heavy atom. The third-order valence-electron chi connectivity index (χ3n) is 13.0. The standard InChI is InChI=1S/C58H46N2/c1-58(2)52-23-11-5-10-22-51(52)56-48(44-30-36-47(37-31-44)60-53-24-14-12-20-49(53)50-21-13-15-25-54(50)60)38-39-55(57(56)58)59(45-32-26-42(27-33-45)40-16-6-3-7-17-40)46-34-28-43(29-35-46)41-18-8-4-9-19-41/h3-4,6-10,12-22,24-39H,5,11,23H2,1-2H3. The molecular formula is C58H46N2. The van der Waals surface area contributed by atoms with Gasteiger partial charge in [0.2, 0.25) is 0 Å². The molecule has 0 fully saturated rings. The lowest BCUT2D eigenvalue weighted by Gasteiger charge is -2.34. The van der Waals surface area contributed by atoms with Gasteiger partial charge in [-0.25, -0.2) is 0 Å². The first-order chi connectivity index (χ1) is 29.5. The molecule has 2 aliphatic carbocycles. The van der Waals surface area contributed by atoms with E-state index in [1.165, 1.54) is 83.3 Å². The number of hydrogen-bond acceptors (Lipinski definition) is 1. The average molecular weight is 771 g/mol. The minimum atomic E-state index is -0.181. The van der Waals surface area contributed by atoms with Crippen LogP contribution in [0.1, 0.15) is 44.2 Å². The van der Waals surface area contributed by atoms with Crippen molar-refractivity contribution in [1.29, 1.82) is 0 Å². The molecule has 2 heteroatoms. The SMILES string of the molecule is CC1(C)C2=C(C=CCCC2)c2c(-c3ccc(-n4c5ccccc5c5ccccc54)cc3)ccc(N(c3ccc(-c4ccccc4)cc3)c3ccc(-c4ccccc4)cc3)c21. The van der Waals surface area contributed by atoms with Gasteiger partial charge in [-0.1, -0.05) is 171 Å². The lowest BCUT2D eigenvalue weighted by atomic mass is 9.77. The first-order valence-electron chi connectivity index (χ1n) is 21.3. The van der Waals surface area contributed by atoms with Crippen molar-refractivity contribution < 1.29 is 0 Å². The molecule has 0 bridgehead atoms. The van der Waals surface area contributed by atoms with E-state index in [4.69, 9.17) is 0 Å². The van der Waals surface area contributed by atoms with Crippen LogP contribution < -0.4 is 4.90 Å². The van der Waals surface area contributed by atoms with Crippen molar-refractivity contribution >= 4 is 44.4 Å². The van der Waals surface area contributed by atoms with E-state index in [0.29, 0.717) is 0 Å². The highest BCUT2D eigenvalue weighted by Gasteiger charge is 2.41. The molecule has 0 aliphatic heterocycles. The Kier molecular flexibility index (Phi) is 8.74. The van der Waals surface area contributed by atoms with Gasteiger partial charge in [-0.05, 0) is 124 Å². The molecule has 2 nitrogen and oxygen atoms in total. The van der Waals surface area contributed by atoms with Gasteiger partial charge in [0.15, 0.2) is 0 Å². The number of rotatable bonds is 7. The summed E-state index contributed by atoms with van der Waals surface area (Å²) in [6.07, 6.45) is 8.19. The number of para-hydroxylation sites is 2. The van der Waals surface area contributed by atoms with E-state index in [0.717, 1.165) is 30.6 Å². The van der Waals surface area contributed by atoms with Crippen molar-refractivity contribution in [3.63, 3.8) is 0 Å². The summed E-state index contributed by atoms with van der Waals surface area (Å²) in [5, 5.41) is 2.56. The number of fused-ring (bicyclic) bond motifs is 5. The van der Waals surface area contributed by atoms with E-state index < -0.39 is 0 Å². The van der Waals surface area contributed by atoms with Crippen LogP contribution in [0.25, 0.3) is 66.4 Å². The van der Waals surface area contributed by atoms with Crippen LogP contribution in [0.4, 0.5) is 17.1 Å². The summed E-state index contributed by atoms with van der Waals surface area (Å²) in [6.45, 7) is 4.92. The van der Waals surface area contributed by atoms with Gasteiger partial charge in [-0.2, -0.15) is 0 Å². The lowest BCUT2D eigenvalue weighted by Crippen LogP contribution is -2.22. The maximum absolute atomic E-state index is 2.50. The summed E-state index contributed by atoms with van der Waals surface area (Å²) in [7, 11) is 0. The van der Waals surface area contributed by atoms with Crippen molar-refractivity contribution in [2.75, 3.05) is 4.90 Å². The first-order valence-corrected chi connectivity index (χ1v) is 21.3. The molecule has 11 rings (SSSR count). The van der Waals surface area contributed by atoms with Gasteiger partial charge < -0.3 is 9.47 Å². The van der Waals surface area contributed by atoms with E-state index in [1.54, 1.807) is 5.57 Å². The summed E-state index contributed by atoms with van der Waals surface area (Å²) in [4.78, 5) is 2.50. The van der Waals surface area contributed by atoms with Crippen LogP contribution in [0.3, 0.4) is 0 Å². The molecule has 0 amide bonds. The van der Waals surface area contributed by atoms with Crippen LogP contribution in [0.5, 0.6) is 0 Å². The Morgan fingerprint density at radius 3 is 1.55 bits per heavy atom. The number of benzene rings is 8. The molecule has 8 aromatic carbocycles. The highest BCUT2D eigenvalue weighted by Crippen LogP contribution is 2.57. The van der Waals surface area contributed by atoms with Gasteiger partial charge in [0, 0.05) is 33.2 Å². The Balaban J connectivity index is 1.09. The van der Waals surface area contributed by atoms with E-state index >= 15 is 0 Å². The number of aromatic nitrogens is 1. The topological polar surface area (TPSA) is 8.17 Å². The molecule has 1 aromatic heterocycles. The molecule has 288 valence electrons. The fraction of sp³-hybridized carbons (Fsp3) is 0.103. The zero-order valence-electron chi connectivity index (χ0n) is 34.1. The average Bonchev–Trinajstić information content (AvgIpc) is 3.59. The Hall–Kier alpha value is -7.16. The quantitative estimate of drug-likeness (QED) is 0.157. The second-order valence-electron chi connectivity index (χ2n) is 16.8. The molecule has 0 radical (unpaired) electrons. The number of nitrogens with zero attached hydrogens (tertiary/aromatic N) is 2. The largest absolute Gasteiger partial charge is 0.310 e. The smallest absolute Gasteiger partial charge is 0.0541 e. The Morgan fingerprint density at radius 2 is 0.983 bits per heavy atom. The molecule has 0 spiro atoms. The third kappa shape index (κ3) is 5.94. The maximum atomic E-state index is 2.50. The van der Waals surface area contributed by atoms with Gasteiger partial charge in [0.1, 0.15) is 0 Å². The van der Waals surface area contributed by atoms with E-state index in [9.17, 15) is 0 Å². The minimum absolute atomic E-state index is 0.181. The Bertz CT molecular complexity index is 2950. The van der Waals surface area contributed by atoms with Crippen LogP contribution in [0, 0.1) is 0 Å². The second kappa shape index (κ2) is 14.6. The van der Waals surface area contributed by atoms with Crippen molar-refractivity contribution in [3.8, 4) is 39.1 Å². The summed E-state index contributed by atoms with van der Waals surface area (Å²) in [5.41, 5.74) is 20.0. The van der Waals surface area contributed by atoms with Crippen molar-refractivity contribution in [2.45, 2.75) is 38.5 Å². The molecule has 0 atom stereocenters. The first kappa shape index (κ1) is 36.0. The van der Waals surface area contributed by atoms with Crippen LogP contribution in [0.15, 0.2) is 212 Å². The summed E-state index contributed by atoms with van der Waals surface area (Å²) in [5.74, 6) is 0. The van der Waals surface area contributed by atoms with Gasteiger partial charge in [-0.15, -0.1) is 0 Å². The van der Waals surface area contributed by atoms with Gasteiger partial charge in [0.25, 0.3) is 0 Å². The highest BCUT2D eigenvalue weighted by molar-refractivity contribution is 6.09. The molecule has 1 heterocycles. The summed E-state index contributed by atoms with van der Waals surface area (Å²) >= 11 is 0. The van der Waals surface area contributed by atoms with Crippen molar-refractivity contribution in [3.05, 3.63) is 223 Å². The second-order valence-corrected chi connectivity index (χ2v) is 16.8. The van der Waals surface area contributed by atoms with Crippen LogP contribution in [-0.4, -0.2) is 4.57 Å².